The number of hydrazone groups is 1. The normalized spacial score (nSPS) is 28.9. The van der Waals surface area contributed by atoms with Crippen molar-refractivity contribution in [3.63, 3.8) is 0 Å². The molecule has 1 rings (SSSR count). The van der Waals surface area contributed by atoms with E-state index in [1.54, 1.807) is 12.4 Å². The molecule has 0 aromatic rings. The monoisotopic (exact) mass is 198 g/mol. The summed E-state index contributed by atoms with van der Waals surface area (Å²) >= 11 is 3.29. The quantitative estimate of drug-likeness (QED) is 0.633. The molecule has 52 valence electrons. The van der Waals surface area contributed by atoms with Crippen LogP contribution in [0, 0.1) is 0 Å². The Morgan fingerprint density at radius 1 is 1.60 bits per heavy atom. The minimum atomic E-state index is 0.911. The minimum Gasteiger partial charge on any atom is -0.286 e. The standard InChI is InChI=1S/C7H7BrN2/c1-6-2-3-9-10-5-7(8)4-6/h2-5,9H,1H2/b3-2-,7-4+,10-5-. The number of nitrogens with zero attached hydrogens (tertiary/aromatic N) is 1. The fourth-order valence-electron chi connectivity index (χ4n) is 0.549. The first-order valence-corrected chi connectivity index (χ1v) is 3.59. The molecule has 0 aliphatic carbocycles. The molecular formula is C7H7BrN2. The Balaban J connectivity index is 2.85. The molecule has 0 amide bonds. The average Bonchev–Trinajstić information content (AvgIpc) is 1.83. The molecule has 1 heterocycles. The van der Waals surface area contributed by atoms with Gasteiger partial charge in [-0.1, -0.05) is 6.58 Å². The van der Waals surface area contributed by atoms with Crippen LogP contribution < -0.4 is 5.43 Å². The summed E-state index contributed by atoms with van der Waals surface area (Å²) < 4.78 is 0.911. The molecule has 10 heavy (non-hydrogen) atoms. The van der Waals surface area contributed by atoms with Gasteiger partial charge in [0.2, 0.25) is 0 Å². The van der Waals surface area contributed by atoms with Gasteiger partial charge in [-0.05, 0) is 33.7 Å². The molecule has 1 aliphatic rings. The van der Waals surface area contributed by atoms with Crippen LogP contribution in [-0.4, -0.2) is 6.21 Å². The second-order valence-electron chi connectivity index (χ2n) is 1.82. The van der Waals surface area contributed by atoms with E-state index in [0.717, 1.165) is 10.1 Å². The van der Waals surface area contributed by atoms with E-state index in [0.29, 0.717) is 0 Å². The Labute approximate surface area is 68.1 Å². The molecule has 1 aliphatic heterocycles. The van der Waals surface area contributed by atoms with Crippen LogP contribution in [-0.2, 0) is 0 Å². The molecule has 0 saturated heterocycles. The highest BCUT2D eigenvalue weighted by atomic mass is 79.9. The first-order valence-electron chi connectivity index (χ1n) is 2.80. The summed E-state index contributed by atoms with van der Waals surface area (Å²) in [6.45, 7) is 3.77. The zero-order valence-corrected chi connectivity index (χ0v) is 6.93. The van der Waals surface area contributed by atoms with Gasteiger partial charge >= 0.3 is 0 Å². The fourth-order valence-corrected chi connectivity index (χ4v) is 0.945. The van der Waals surface area contributed by atoms with E-state index >= 15 is 0 Å². The van der Waals surface area contributed by atoms with Gasteiger partial charge in [-0.2, -0.15) is 5.10 Å². The van der Waals surface area contributed by atoms with E-state index in [9.17, 15) is 0 Å². The summed E-state index contributed by atoms with van der Waals surface area (Å²) in [5, 5.41) is 3.83. The SMILES string of the molecule is C=C1/C=C\N/N=C\C(Br)=C/1. The van der Waals surface area contributed by atoms with Crippen molar-refractivity contribution < 1.29 is 0 Å². The van der Waals surface area contributed by atoms with Gasteiger partial charge < -0.3 is 0 Å². The predicted molar refractivity (Wildman–Crippen MR) is 46.9 cm³/mol. The lowest BCUT2D eigenvalue weighted by atomic mass is 10.3. The van der Waals surface area contributed by atoms with Crippen LogP contribution in [0.1, 0.15) is 0 Å². The Bertz CT molecular complexity index is 226. The van der Waals surface area contributed by atoms with Crippen LogP contribution in [0.3, 0.4) is 0 Å². The van der Waals surface area contributed by atoms with Gasteiger partial charge in [0.1, 0.15) is 0 Å². The van der Waals surface area contributed by atoms with Crippen LogP contribution in [0.4, 0.5) is 0 Å². The summed E-state index contributed by atoms with van der Waals surface area (Å²) in [5.74, 6) is 0. The molecule has 0 aromatic heterocycles. The number of nitrogens with one attached hydrogen (secondary N) is 1. The molecule has 0 fully saturated rings. The van der Waals surface area contributed by atoms with E-state index < -0.39 is 0 Å². The fraction of sp³-hybridized carbons (Fsp3) is 0. The summed E-state index contributed by atoms with van der Waals surface area (Å²) in [5.41, 5.74) is 3.64. The molecule has 0 saturated carbocycles. The van der Waals surface area contributed by atoms with E-state index in [4.69, 9.17) is 0 Å². The molecule has 0 radical (unpaired) electrons. The molecule has 0 atom stereocenters. The summed E-state index contributed by atoms with van der Waals surface area (Å²) in [7, 11) is 0. The van der Waals surface area contributed by atoms with Gasteiger partial charge in [-0.3, -0.25) is 5.43 Å². The van der Waals surface area contributed by atoms with E-state index in [2.05, 4.69) is 33.0 Å². The summed E-state index contributed by atoms with van der Waals surface area (Å²) in [4.78, 5) is 0. The predicted octanol–water partition coefficient (Wildman–Crippen LogP) is 1.92. The average molecular weight is 199 g/mol. The molecule has 0 aromatic carbocycles. The smallest absolute Gasteiger partial charge is 0.0614 e. The van der Waals surface area contributed by atoms with Gasteiger partial charge in [-0.25, -0.2) is 0 Å². The van der Waals surface area contributed by atoms with Crippen molar-refractivity contribution >= 4 is 22.1 Å². The lowest BCUT2D eigenvalue weighted by Gasteiger charge is -1.96. The van der Waals surface area contributed by atoms with Crippen molar-refractivity contribution in [1.29, 1.82) is 0 Å². The van der Waals surface area contributed by atoms with Gasteiger partial charge in [0.05, 0.1) is 6.21 Å². The van der Waals surface area contributed by atoms with Crippen LogP contribution in [0.15, 0.2) is 40.1 Å². The molecule has 0 spiro atoms. The van der Waals surface area contributed by atoms with E-state index in [1.165, 1.54) is 0 Å². The van der Waals surface area contributed by atoms with Gasteiger partial charge in [0.15, 0.2) is 0 Å². The number of allylic oxidation sites excluding steroid dienone is 4. The number of hydrogen-bond acceptors (Lipinski definition) is 2. The maximum absolute atomic E-state index is 3.83. The van der Waals surface area contributed by atoms with Crippen LogP contribution in [0.25, 0.3) is 0 Å². The third kappa shape index (κ3) is 2.19. The maximum Gasteiger partial charge on any atom is 0.0614 e. The lowest BCUT2D eigenvalue weighted by Crippen LogP contribution is -1.95. The van der Waals surface area contributed by atoms with Crippen molar-refractivity contribution in [2.75, 3.05) is 0 Å². The third-order valence-electron chi connectivity index (χ3n) is 0.958. The van der Waals surface area contributed by atoms with Gasteiger partial charge in [0.25, 0.3) is 0 Å². The highest BCUT2D eigenvalue weighted by molar-refractivity contribution is 9.12. The zero-order chi connectivity index (χ0) is 7.40. The van der Waals surface area contributed by atoms with Gasteiger partial charge in [-0.15, -0.1) is 0 Å². The second kappa shape index (κ2) is 3.37. The largest absolute Gasteiger partial charge is 0.286 e. The zero-order valence-electron chi connectivity index (χ0n) is 5.34. The highest BCUT2D eigenvalue weighted by Gasteiger charge is 1.88. The van der Waals surface area contributed by atoms with Crippen LogP contribution in [0.2, 0.25) is 0 Å². The van der Waals surface area contributed by atoms with Crippen LogP contribution >= 0.6 is 15.9 Å². The van der Waals surface area contributed by atoms with Crippen molar-refractivity contribution in [2.24, 2.45) is 5.10 Å². The lowest BCUT2D eigenvalue weighted by molar-refractivity contribution is 0.974. The number of hydrogen-bond donors (Lipinski definition) is 1. The summed E-state index contributed by atoms with van der Waals surface area (Å²) in [6, 6.07) is 0. The Hall–Kier alpha value is -0.830. The first-order chi connectivity index (χ1) is 4.79. The molecule has 1 N–H and O–H groups in total. The Morgan fingerprint density at radius 2 is 2.40 bits per heavy atom. The number of halogens is 1. The second-order valence-corrected chi connectivity index (χ2v) is 2.74. The van der Waals surface area contributed by atoms with E-state index in [-0.39, 0.29) is 0 Å². The minimum absolute atomic E-state index is 0.911. The third-order valence-corrected chi connectivity index (χ3v) is 1.39. The Morgan fingerprint density at radius 3 is 3.20 bits per heavy atom. The van der Waals surface area contributed by atoms with Crippen molar-refractivity contribution in [2.45, 2.75) is 0 Å². The summed E-state index contributed by atoms with van der Waals surface area (Å²) in [6.07, 6.45) is 7.14. The molecule has 0 unspecified atom stereocenters. The molecular weight excluding hydrogens is 192 g/mol. The maximum atomic E-state index is 3.83. The number of rotatable bonds is 0. The van der Waals surface area contributed by atoms with Crippen molar-refractivity contribution in [3.05, 3.63) is 35.0 Å². The Kier molecular flexibility index (Phi) is 2.45. The van der Waals surface area contributed by atoms with Crippen molar-refractivity contribution in [3.8, 4) is 0 Å². The van der Waals surface area contributed by atoms with Crippen molar-refractivity contribution in [1.82, 2.24) is 5.43 Å². The molecule has 3 heteroatoms. The molecule has 2 nitrogen and oxygen atoms in total. The molecule has 0 bridgehead atoms. The first kappa shape index (κ1) is 7.28. The van der Waals surface area contributed by atoms with E-state index in [1.807, 2.05) is 12.2 Å². The topological polar surface area (TPSA) is 24.4 Å². The van der Waals surface area contributed by atoms with Gasteiger partial charge in [0, 0.05) is 10.7 Å². The van der Waals surface area contributed by atoms with Crippen LogP contribution in [0.5, 0.6) is 0 Å². The highest BCUT2D eigenvalue weighted by Crippen LogP contribution is 2.07.